The molecule has 0 aromatic heterocycles. The van der Waals surface area contributed by atoms with Gasteiger partial charge in [-0.15, -0.1) is 0 Å². The molecule has 4 aliphatic carbocycles. The highest BCUT2D eigenvalue weighted by atomic mass is 32.2. The summed E-state index contributed by atoms with van der Waals surface area (Å²) in [4.78, 5) is 0. The molecule has 4 aliphatic rings. The first kappa shape index (κ1) is 19.2. The van der Waals surface area contributed by atoms with E-state index in [4.69, 9.17) is 9.47 Å². The van der Waals surface area contributed by atoms with Crippen molar-refractivity contribution in [1.82, 2.24) is 4.72 Å². The summed E-state index contributed by atoms with van der Waals surface area (Å²) in [5.74, 6) is 3.55. The van der Waals surface area contributed by atoms with Gasteiger partial charge in [0.15, 0.2) is 0 Å². The minimum atomic E-state index is -3.34. The van der Waals surface area contributed by atoms with Crippen LogP contribution in [0.1, 0.15) is 37.7 Å². The van der Waals surface area contributed by atoms with Gasteiger partial charge in [-0.1, -0.05) is 12.1 Å². The van der Waals surface area contributed by atoms with E-state index >= 15 is 0 Å². The lowest BCUT2D eigenvalue weighted by Crippen LogP contribution is -2.63. The third-order valence-electron chi connectivity index (χ3n) is 7.29. The van der Waals surface area contributed by atoms with Crippen molar-refractivity contribution in [2.24, 2.45) is 23.7 Å². The Morgan fingerprint density at radius 2 is 1.59 bits per heavy atom. The number of benzene rings is 1. The van der Waals surface area contributed by atoms with Crippen LogP contribution in [0.5, 0.6) is 5.75 Å². The zero-order chi connectivity index (χ0) is 19.1. The van der Waals surface area contributed by atoms with Crippen molar-refractivity contribution >= 4 is 10.0 Å². The molecule has 150 valence electrons. The Kier molecular flexibility index (Phi) is 5.25. The number of ether oxygens (including phenoxy) is 2. The summed E-state index contributed by atoms with van der Waals surface area (Å²) in [6, 6.07) is 7.57. The lowest BCUT2D eigenvalue weighted by atomic mass is 9.50. The third kappa shape index (κ3) is 3.76. The molecule has 0 aliphatic heterocycles. The Labute approximate surface area is 162 Å². The quantitative estimate of drug-likeness (QED) is 0.737. The number of hydrogen-bond donors (Lipinski definition) is 1. The van der Waals surface area contributed by atoms with Crippen LogP contribution in [-0.2, 0) is 21.2 Å². The van der Waals surface area contributed by atoms with Crippen LogP contribution in [0.15, 0.2) is 24.3 Å². The molecular formula is C21H31NO4S. The Morgan fingerprint density at radius 3 is 2.11 bits per heavy atom. The highest BCUT2D eigenvalue weighted by Crippen LogP contribution is 2.59. The number of methoxy groups -OCH3 is 2. The molecule has 6 heteroatoms. The van der Waals surface area contributed by atoms with Crippen LogP contribution in [0.3, 0.4) is 0 Å². The zero-order valence-corrected chi connectivity index (χ0v) is 17.1. The standard InChI is InChI=1S/C21H31NO4S/c1-25-20-5-3-15(4-6-20)7-8-27(23,24)22-14-21(26-2)18-10-16-9-17(12-18)13-19(21)11-16/h3-6,16-19,22H,7-14H2,1-2H3. The Morgan fingerprint density at radius 1 is 1.00 bits per heavy atom. The number of hydrogen-bond acceptors (Lipinski definition) is 4. The molecule has 1 aromatic rings. The van der Waals surface area contributed by atoms with Crippen LogP contribution < -0.4 is 9.46 Å². The first-order valence-corrected chi connectivity index (χ1v) is 11.7. The van der Waals surface area contributed by atoms with Gasteiger partial charge in [0.1, 0.15) is 5.75 Å². The highest BCUT2D eigenvalue weighted by molar-refractivity contribution is 7.89. The lowest BCUT2D eigenvalue weighted by Gasteiger charge is -2.60. The van der Waals surface area contributed by atoms with Crippen molar-refractivity contribution in [3.05, 3.63) is 29.8 Å². The fourth-order valence-corrected chi connectivity index (χ4v) is 7.11. The van der Waals surface area contributed by atoms with E-state index in [9.17, 15) is 8.42 Å². The van der Waals surface area contributed by atoms with E-state index in [1.54, 1.807) is 14.2 Å². The Balaban J connectivity index is 1.37. The second-order valence-electron chi connectivity index (χ2n) is 8.70. The Hall–Kier alpha value is -1.11. The topological polar surface area (TPSA) is 64.6 Å². The summed E-state index contributed by atoms with van der Waals surface area (Å²) < 4.78 is 39.4. The molecule has 0 spiro atoms. The number of rotatable bonds is 8. The molecule has 5 nitrogen and oxygen atoms in total. The predicted octanol–water partition coefficient (Wildman–Crippen LogP) is 3.00. The molecule has 1 aromatic carbocycles. The van der Waals surface area contributed by atoms with E-state index in [0.29, 0.717) is 24.8 Å². The fraction of sp³-hybridized carbons (Fsp3) is 0.714. The van der Waals surface area contributed by atoms with E-state index in [1.165, 1.54) is 32.1 Å². The predicted molar refractivity (Wildman–Crippen MR) is 105 cm³/mol. The average Bonchev–Trinajstić information content (AvgIpc) is 2.66. The van der Waals surface area contributed by atoms with Gasteiger partial charge in [0.05, 0.1) is 18.5 Å². The number of aryl methyl sites for hydroxylation is 1. The van der Waals surface area contributed by atoms with E-state index in [1.807, 2.05) is 24.3 Å². The molecule has 4 fully saturated rings. The third-order valence-corrected chi connectivity index (χ3v) is 8.61. The smallest absolute Gasteiger partial charge is 0.212 e. The molecule has 0 unspecified atom stereocenters. The molecular weight excluding hydrogens is 362 g/mol. The van der Waals surface area contributed by atoms with Crippen LogP contribution in [0.4, 0.5) is 0 Å². The van der Waals surface area contributed by atoms with Gasteiger partial charge in [-0.3, -0.25) is 0 Å². The maximum Gasteiger partial charge on any atom is 0.212 e. The van der Waals surface area contributed by atoms with Gasteiger partial charge in [-0.25, -0.2) is 13.1 Å². The van der Waals surface area contributed by atoms with E-state index in [-0.39, 0.29) is 11.4 Å². The highest BCUT2D eigenvalue weighted by Gasteiger charge is 2.57. The largest absolute Gasteiger partial charge is 0.497 e. The van der Waals surface area contributed by atoms with Gasteiger partial charge in [-0.05, 0) is 79.9 Å². The summed E-state index contributed by atoms with van der Waals surface area (Å²) >= 11 is 0. The molecule has 0 amide bonds. The monoisotopic (exact) mass is 393 g/mol. The van der Waals surface area contributed by atoms with Crippen LogP contribution >= 0.6 is 0 Å². The molecule has 27 heavy (non-hydrogen) atoms. The minimum Gasteiger partial charge on any atom is -0.497 e. The van der Waals surface area contributed by atoms with Crippen molar-refractivity contribution in [2.75, 3.05) is 26.5 Å². The molecule has 5 rings (SSSR count). The maximum absolute atomic E-state index is 12.6. The Bertz CT molecular complexity index is 731. The molecule has 4 bridgehead atoms. The summed E-state index contributed by atoms with van der Waals surface area (Å²) in [7, 11) is 0.0583. The van der Waals surface area contributed by atoms with Crippen LogP contribution in [0.2, 0.25) is 0 Å². The van der Waals surface area contributed by atoms with E-state index in [2.05, 4.69) is 4.72 Å². The summed E-state index contributed by atoms with van der Waals surface area (Å²) in [5, 5.41) is 0. The lowest BCUT2D eigenvalue weighted by molar-refractivity contribution is -0.185. The van der Waals surface area contributed by atoms with Crippen molar-refractivity contribution in [3.8, 4) is 5.75 Å². The number of sulfonamides is 1. The van der Waals surface area contributed by atoms with Crippen molar-refractivity contribution in [3.63, 3.8) is 0 Å². The second-order valence-corrected chi connectivity index (χ2v) is 10.6. The first-order valence-electron chi connectivity index (χ1n) is 10.1. The molecule has 0 atom stereocenters. The zero-order valence-electron chi connectivity index (χ0n) is 16.3. The van der Waals surface area contributed by atoms with Gasteiger partial charge < -0.3 is 9.47 Å². The SMILES string of the molecule is COc1ccc(CCS(=O)(=O)NCC2(OC)C3CC4CC(C3)CC2C4)cc1. The minimum absolute atomic E-state index is 0.0969. The van der Waals surface area contributed by atoms with E-state index in [0.717, 1.165) is 23.1 Å². The van der Waals surface area contributed by atoms with Crippen molar-refractivity contribution in [2.45, 2.75) is 44.1 Å². The summed E-state index contributed by atoms with van der Waals surface area (Å²) in [5.41, 5.74) is 0.692. The summed E-state index contributed by atoms with van der Waals surface area (Å²) in [6.45, 7) is 0.420. The maximum atomic E-state index is 12.6. The number of nitrogens with one attached hydrogen (secondary N) is 1. The van der Waals surface area contributed by atoms with Crippen LogP contribution in [0.25, 0.3) is 0 Å². The first-order chi connectivity index (χ1) is 12.9. The molecule has 0 heterocycles. The van der Waals surface area contributed by atoms with E-state index < -0.39 is 10.0 Å². The van der Waals surface area contributed by atoms with Crippen molar-refractivity contribution < 1.29 is 17.9 Å². The van der Waals surface area contributed by atoms with Gasteiger partial charge in [0, 0.05) is 13.7 Å². The second kappa shape index (κ2) is 7.37. The van der Waals surface area contributed by atoms with Gasteiger partial charge in [0.2, 0.25) is 10.0 Å². The normalized spacial score (nSPS) is 34.7. The summed E-state index contributed by atoms with van der Waals surface area (Å²) in [6.07, 6.45) is 6.68. The van der Waals surface area contributed by atoms with Gasteiger partial charge >= 0.3 is 0 Å². The average molecular weight is 394 g/mol. The fourth-order valence-electron chi connectivity index (χ4n) is 6.02. The molecule has 4 saturated carbocycles. The van der Waals surface area contributed by atoms with Gasteiger partial charge in [-0.2, -0.15) is 0 Å². The van der Waals surface area contributed by atoms with Crippen molar-refractivity contribution in [1.29, 1.82) is 0 Å². The van der Waals surface area contributed by atoms with Crippen LogP contribution in [0, 0.1) is 23.7 Å². The van der Waals surface area contributed by atoms with Crippen LogP contribution in [-0.4, -0.2) is 40.5 Å². The molecule has 1 N–H and O–H groups in total. The molecule has 0 radical (unpaired) electrons. The van der Waals surface area contributed by atoms with Gasteiger partial charge in [0.25, 0.3) is 0 Å². The molecule has 0 saturated heterocycles.